The summed E-state index contributed by atoms with van der Waals surface area (Å²) in [5, 5.41) is 4.45. The van der Waals surface area contributed by atoms with Gasteiger partial charge in [0.25, 0.3) is 5.91 Å². The Kier molecular flexibility index (Phi) is 6.70. The highest BCUT2D eigenvalue weighted by atomic mass is 35.5. The zero-order valence-electron chi connectivity index (χ0n) is 16.5. The van der Waals surface area contributed by atoms with E-state index in [1.807, 2.05) is 19.0 Å². The smallest absolute Gasteiger partial charge is 0.351 e. The van der Waals surface area contributed by atoms with E-state index in [4.69, 9.17) is 11.6 Å². The molecule has 0 saturated carbocycles. The molecule has 0 saturated heterocycles. The first-order valence-corrected chi connectivity index (χ1v) is 9.67. The van der Waals surface area contributed by atoms with Gasteiger partial charge in [0.2, 0.25) is 0 Å². The van der Waals surface area contributed by atoms with E-state index in [0.717, 1.165) is 6.08 Å². The molecule has 0 aliphatic carbocycles. The number of rotatable bonds is 6. The minimum absolute atomic E-state index is 0.238. The monoisotopic (exact) mass is 438 g/mol. The number of para-hydroxylation sites is 1. The Morgan fingerprint density at radius 2 is 1.83 bits per heavy atom. The summed E-state index contributed by atoms with van der Waals surface area (Å²) in [6.45, 7) is 1.20. The average Bonchev–Trinajstić information content (AvgIpc) is 3.14. The topological polar surface area (TPSA) is 47.6 Å². The van der Waals surface area contributed by atoms with Crippen molar-refractivity contribution in [3.8, 4) is 0 Å². The number of carbonyl (C=O) groups is 1. The number of hydrogen-bond acceptors (Lipinski definition) is 4. The van der Waals surface area contributed by atoms with Crippen LogP contribution in [0.15, 0.2) is 54.6 Å². The maximum absolute atomic E-state index is 13.4. The van der Waals surface area contributed by atoms with Crippen molar-refractivity contribution in [3.05, 3.63) is 70.8 Å². The molecule has 160 valence electrons. The fourth-order valence-electron chi connectivity index (χ4n) is 2.99. The molecule has 2 aromatic rings. The van der Waals surface area contributed by atoms with Crippen LogP contribution >= 0.6 is 11.6 Å². The Morgan fingerprint density at radius 3 is 2.43 bits per heavy atom. The van der Waals surface area contributed by atoms with E-state index in [-0.39, 0.29) is 5.91 Å². The van der Waals surface area contributed by atoms with Gasteiger partial charge in [-0.1, -0.05) is 35.9 Å². The predicted molar refractivity (Wildman–Crippen MR) is 112 cm³/mol. The number of halogens is 4. The third-order valence-corrected chi connectivity index (χ3v) is 4.89. The van der Waals surface area contributed by atoms with Crippen molar-refractivity contribution < 1.29 is 18.0 Å². The lowest BCUT2D eigenvalue weighted by molar-refractivity contribution is -0.142. The zero-order chi connectivity index (χ0) is 21.9. The molecule has 2 aromatic carbocycles. The molecule has 3 rings (SSSR count). The van der Waals surface area contributed by atoms with Crippen molar-refractivity contribution in [2.75, 3.05) is 32.2 Å². The van der Waals surface area contributed by atoms with E-state index >= 15 is 0 Å². The number of nitrogens with zero attached hydrogens (tertiary/aromatic N) is 2. The van der Waals surface area contributed by atoms with Crippen LogP contribution in [0.2, 0.25) is 5.02 Å². The molecule has 1 aliphatic heterocycles. The Morgan fingerprint density at radius 1 is 1.17 bits per heavy atom. The molecule has 0 radical (unpaired) electrons. The largest absolute Gasteiger partial charge is 0.409 e. The van der Waals surface area contributed by atoms with Crippen molar-refractivity contribution in [3.63, 3.8) is 0 Å². The third kappa shape index (κ3) is 5.13. The fraction of sp³-hybridized carbons (Fsp3) is 0.286. The highest BCUT2D eigenvalue weighted by Gasteiger charge is 2.44. The summed E-state index contributed by atoms with van der Waals surface area (Å²) in [7, 11) is 3.81. The molecule has 1 atom stereocenters. The first kappa shape index (κ1) is 22.1. The molecular formula is C21H22ClF3N4O. The second kappa shape index (κ2) is 9.07. The first-order valence-electron chi connectivity index (χ1n) is 9.29. The summed E-state index contributed by atoms with van der Waals surface area (Å²) < 4.78 is 40.1. The number of anilines is 1. The molecule has 2 N–H and O–H groups in total. The van der Waals surface area contributed by atoms with Crippen molar-refractivity contribution in [2.45, 2.75) is 12.2 Å². The van der Waals surface area contributed by atoms with Crippen LogP contribution in [0.1, 0.15) is 15.9 Å². The van der Waals surface area contributed by atoms with Gasteiger partial charge in [0.1, 0.15) is 6.04 Å². The number of likely N-dealkylation sites (N-methyl/N-ethyl adjacent to an activating group) is 1. The van der Waals surface area contributed by atoms with Gasteiger partial charge in [0.05, 0.1) is 16.4 Å². The molecule has 0 spiro atoms. The fourth-order valence-corrected chi connectivity index (χ4v) is 3.21. The number of hydrogen-bond donors (Lipinski definition) is 2. The molecule has 1 aliphatic rings. The van der Waals surface area contributed by atoms with Crippen molar-refractivity contribution in [2.24, 2.45) is 0 Å². The van der Waals surface area contributed by atoms with Crippen LogP contribution in [0.4, 0.5) is 18.9 Å². The highest BCUT2D eigenvalue weighted by Crippen LogP contribution is 2.37. The van der Waals surface area contributed by atoms with E-state index in [0.29, 0.717) is 40.6 Å². The lowest BCUT2D eigenvalue weighted by Crippen LogP contribution is -2.44. The standard InChI is InChI=1S/C21H22ClF3N4O/c1-28(2)12-11-26-20(30)15-9-7-14(8-10-15)18-13-19(21(23,24)25)27-29(18)17-6-4-3-5-16(17)22/h3-10,13,19,27H,11-12H2,1-2H3,(H,26,30). The Hall–Kier alpha value is -2.55. The number of alkyl halides is 3. The van der Waals surface area contributed by atoms with Crippen LogP contribution in [0.25, 0.3) is 5.70 Å². The second-order valence-corrected chi connectivity index (χ2v) is 7.53. The zero-order valence-corrected chi connectivity index (χ0v) is 17.3. The van der Waals surface area contributed by atoms with Crippen LogP contribution in [0.5, 0.6) is 0 Å². The van der Waals surface area contributed by atoms with Gasteiger partial charge < -0.3 is 10.2 Å². The predicted octanol–water partition coefficient (Wildman–Crippen LogP) is 3.93. The highest BCUT2D eigenvalue weighted by molar-refractivity contribution is 6.33. The Balaban J connectivity index is 1.85. The quantitative estimate of drug-likeness (QED) is 0.717. The number of benzene rings is 2. The molecule has 1 amide bonds. The van der Waals surface area contributed by atoms with Crippen molar-refractivity contribution >= 4 is 28.9 Å². The molecule has 0 bridgehead atoms. The van der Waals surface area contributed by atoms with Gasteiger partial charge >= 0.3 is 6.18 Å². The maximum Gasteiger partial charge on any atom is 0.409 e. The summed E-state index contributed by atoms with van der Waals surface area (Å²) in [5.41, 5.74) is 4.13. The summed E-state index contributed by atoms with van der Waals surface area (Å²) in [6.07, 6.45) is -3.36. The number of nitrogens with one attached hydrogen (secondary N) is 2. The van der Waals surface area contributed by atoms with Crippen molar-refractivity contribution in [1.29, 1.82) is 0 Å². The van der Waals surface area contributed by atoms with Gasteiger partial charge in [-0.05, 0) is 50.0 Å². The van der Waals surface area contributed by atoms with Crippen molar-refractivity contribution in [1.82, 2.24) is 15.6 Å². The molecule has 5 nitrogen and oxygen atoms in total. The summed E-state index contributed by atoms with van der Waals surface area (Å²) >= 11 is 6.21. The normalized spacial score (nSPS) is 16.7. The Labute approximate surface area is 178 Å². The van der Waals surface area contributed by atoms with E-state index in [1.54, 1.807) is 48.5 Å². The lowest BCUT2D eigenvalue weighted by atomic mass is 10.1. The molecule has 9 heteroatoms. The lowest BCUT2D eigenvalue weighted by Gasteiger charge is -2.26. The molecular weight excluding hydrogens is 417 g/mol. The van der Waals surface area contributed by atoms with Crippen LogP contribution in [0.3, 0.4) is 0 Å². The molecule has 0 aromatic heterocycles. The summed E-state index contributed by atoms with van der Waals surface area (Å²) in [4.78, 5) is 14.2. The van der Waals surface area contributed by atoms with Crippen LogP contribution in [-0.4, -0.2) is 50.2 Å². The molecule has 0 fully saturated rings. The second-order valence-electron chi connectivity index (χ2n) is 7.12. The first-order chi connectivity index (χ1) is 14.2. The van der Waals surface area contributed by atoms with Gasteiger partial charge in [0.15, 0.2) is 0 Å². The van der Waals surface area contributed by atoms with Gasteiger partial charge in [-0.25, -0.2) is 5.43 Å². The minimum atomic E-state index is -4.46. The van der Waals surface area contributed by atoms with Crippen LogP contribution in [0, 0.1) is 0 Å². The number of amides is 1. The van der Waals surface area contributed by atoms with Gasteiger partial charge in [-0.2, -0.15) is 13.2 Å². The van der Waals surface area contributed by atoms with E-state index in [2.05, 4.69) is 10.7 Å². The van der Waals surface area contributed by atoms with Crippen LogP contribution < -0.4 is 15.8 Å². The molecule has 30 heavy (non-hydrogen) atoms. The summed E-state index contributed by atoms with van der Waals surface area (Å²) in [6, 6.07) is 11.2. The maximum atomic E-state index is 13.4. The number of hydrazine groups is 1. The van der Waals surface area contributed by atoms with Crippen LogP contribution in [-0.2, 0) is 0 Å². The third-order valence-electron chi connectivity index (χ3n) is 4.57. The minimum Gasteiger partial charge on any atom is -0.351 e. The van der Waals surface area contributed by atoms with Gasteiger partial charge in [0, 0.05) is 18.7 Å². The van der Waals surface area contributed by atoms with Gasteiger partial charge in [-0.3, -0.25) is 9.80 Å². The average molecular weight is 439 g/mol. The van der Waals surface area contributed by atoms with E-state index in [1.165, 1.54) is 5.01 Å². The van der Waals surface area contributed by atoms with E-state index < -0.39 is 12.2 Å². The molecule has 1 unspecified atom stereocenters. The number of carbonyl (C=O) groups excluding carboxylic acids is 1. The molecule has 1 heterocycles. The van der Waals surface area contributed by atoms with Gasteiger partial charge in [-0.15, -0.1) is 0 Å². The summed E-state index contributed by atoms with van der Waals surface area (Å²) in [5.74, 6) is -0.238. The Bertz CT molecular complexity index is 929. The van der Waals surface area contributed by atoms with E-state index in [9.17, 15) is 18.0 Å². The SMILES string of the molecule is CN(C)CCNC(=O)c1ccc(C2=CC(C(F)(F)F)NN2c2ccccc2Cl)cc1.